The fraction of sp³-hybridized carbons (Fsp3) is 0.290. The molecule has 0 bridgehead atoms. The molecule has 4 aromatic rings. The fourth-order valence-electron chi connectivity index (χ4n) is 6.11. The molecule has 188 valence electrons. The number of hydrogen-bond donors (Lipinski definition) is 3. The molecule has 2 aliphatic heterocycles. The van der Waals surface area contributed by atoms with E-state index in [-0.39, 0.29) is 23.9 Å². The predicted octanol–water partition coefficient (Wildman–Crippen LogP) is 4.08. The minimum Gasteiger partial charge on any atom is -0.357 e. The van der Waals surface area contributed by atoms with E-state index in [1.807, 2.05) is 65.6 Å². The highest BCUT2D eigenvalue weighted by atomic mass is 16.2. The van der Waals surface area contributed by atoms with E-state index in [9.17, 15) is 9.59 Å². The summed E-state index contributed by atoms with van der Waals surface area (Å²) in [5.74, 6) is -0.640. The van der Waals surface area contributed by atoms with Crippen molar-refractivity contribution in [3.05, 3.63) is 107 Å². The second kappa shape index (κ2) is 9.87. The number of carbonyl (C=O) groups is 2. The lowest BCUT2D eigenvalue weighted by Crippen LogP contribution is -2.56. The second-order valence-electron chi connectivity index (χ2n) is 10.1. The zero-order valence-electron chi connectivity index (χ0n) is 20.9. The van der Waals surface area contributed by atoms with Crippen LogP contribution in [-0.2, 0) is 21.5 Å². The number of aromatic amines is 1. The average Bonchev–Trinajstić information content (AvgIpc) is 3.34. The summed E-state index contributed by atoms with van der Waals surface area (Å²) in [5, 5.41) is 8.01. The molecule has 0 unspecified atom stereocenters. The van der Waals surface area contributed by atoms with Crippen molar-refractivity contribution in [1.82, 2.24) is 20.5 Å². The fourth-order valence-corrected chi connectivity index (χ4v) is 6.11. The van der Waals surface area contributed by atoms with Crippen LogP contribution in [0.15, 0.2) is 84.9 Å². The van der Waals surface area contributed by atoms with Gasteiger partial charge in [0.2, 0.25) is 11.8 Å². The van der Waals surface area contributed by atoms with E-state index in [0.717, 1.165) is 36.9 Å². The van der Waals surface area contributed by atoms with Gasteiger partial charge in [0.05, 0.1) is 18.0 Å². The highest BCUT2D eigenvalue weighted by molar-refractivity contribution is 5.91. The molecule has 0 saturated carbocycles. The van der Waals surface area contributed by atoms with Gasteiger partial charge < -0.3 is 20.5 Å². The maximum atomic E-state index is 13.3. The van der Waals surface area contributed by atoms with Crippen molar-refractivity contribution in [2.75, 3.05) is 26.2 Å². The van der Waals surface area contributed by atoms with Crippen molar-refractivity contribution in [1.29, 1.82) is 0 Å². The summed E-state index contributed by atoms with van der Waals surface area (Å²) in [6.45, 7) is 2.28. The summed E-state index contributed by atoms with van der Waals surface area (Å²) in [7, 11) is 0. The van der Waals surface area contributed by atoms with E-state index in [1.165, 1.54) is 22.2 Å². The summed E-state index contributed by atoms with van der Waals surface area (Å²) in [5.41, 5.74) is 5.58. The van der Waals surface area contributed by atoms with Gasteiger partial charge in [0, 0.05) is 36.2 Å². The lowest BCUT2D eigenvalue weighted by atomic mass is 9.79. The van der Waals surface area contributed by atoms with Crippen LogP contribution in [0.1, 0.15) is 41.1 Å². The third-order valence-corrected chi connectivity index (χ3v) is 8.04. The topological polar surface area (TPSA) is 77.2 Å². The van der Waals surface area contributed by atoms with Crippen molar-refractivity contribution in [3.63, 3.8) is 0 Å². The summed E-state index contributed by atoms with van der Waals surface area (Å²) in [4.78, 5) is 32.0. The van der Waals surface area contributed by atoms with Gasteiger partial charge in [-0.1, -0.05) is 78.9 Å². The van der Waals surface area contributed by atoms with Crippen LogP contribution in [0.4, 0.5) is 0 Å². The molecular weight excluding hydrogens is 460 g/mol. The molecule has 6 nitrogen and oxygen atoms in total. The monoisotopic (exact) mass is 492 g/mol. The third-order valence-electron chi connectivity index (χ3n) is 8.04. The first-order chi connectivity index (χ1) is 18.1. The van der Waals surface area contributed by atoms with E-state index >= 15 is 0 Å². The largest absolute Gasteiger partial charge is 0.357 e. The van der Waals surface area contributed by atoms with Gasteiger partial charge in [-0.15, -0.1) is 0 Å². The van der Waals surface area contributed by atoms with Crippen LogP contribution < -0.4 is 10.6 Å². The summed E-state index contributed by atoms with van der Waals surface area (Å²) in [6.07, 6.45) is 2.71. The molecule has 2 aliphatic rings. The van der Waals surface area contributed by atoms with Gasteiger partial charge >= 0.3 is 0 Å². The number of piperidine rings is 1. The van der Waals surface area contributed by atoms with Crippen molar-refractivity contribution in [3.8, 4) is 0 Å². The second-order valence-corrected chi connectivity index (χ2v) is 10.1. The molecular formula is C31H32N4O2. The van der Waals surface area contributed by atoms with Gasteiger partial charge in [-0.3, -0.25) is 9.59 Å². The Balaban J connectivity index is 1.12. The molecule has 2 amide bonds. The molecule has 3 N–H and O–H groups in total. The number of nitrogens with zero attached hydrogens (tertiary/aromatic N) is 1. The van der Waals surface area contributed by atoms with Crippen LogP contribution in [0.5, 0.6) is 0 Å². The van der Waals surface area contributed by atoms with E-state index in [4.69, 9.17) is 0 Å². The molecule has 6 heteroatoms. The Morgan fingerprint density at radius 3 is 2.16 bits per heavy atom. The third kappa shape index (κ3) is 4.42. The molecule has 3 heterocycles. The Bertz CT molecular complexity index is 1370. The van der Waals surface area contributed by atoms with Crippen LogP contribution in [0, 0.1) is 0 Å². The Morgan fingerprint density at radius 2 is 1.49 bits per heavy atom. The number of nitrogens with one attached hydrogen (secondary N) is 3. The number of likely N-dealkylation sites (tertiary alicyclic amines) is 1. The molecule has 1 spiro atoms. The van der Waals surface area contributed by atoms with Gasteiger partial charge in [-0.25, -0.2) is 0 Å². The van der Waals surface area contributed by atoms with Gasteiger partial charge in [-0.2, -0.15) is 0 Å². The highest BCUT2D eigenvalue weighted by Crippen LogP contribution is 2.40. The van der Waals surface area contributed by atoms with Crippen molar-refractivity contribution < 1.29 is 9.59 Å². The first-order valence-corrected chi connectivity index (χ1v) is 13.2. The molecule has 0 radical (unpaired) electrons. The molecule has 37 heavy (non-hydrogen) atoms. The quantitative estimate of drug-likeness (QED) is 0.393. The van der Waals surface area contributed by atoms with E-state index in [1.54, 1.807) is 0 Å². The highest BCUT2D eigenvalue weighted by Gasteiger charge is 2.42. The minimum absolute atomic E-state index is 0.00701. The molecule has 0 atom stereocenters. The number of rotatable bonds is 5. The zero-order chi connectivity index (χ0) is 25.2. The van der Waals surface area contributed by atoms with Crippen molar-refractivity contribution >= 4 is 22.7 Å². The normalized spacial score (nSPS) is 16.6. The Labute approximate surface area is 217 Å². The Hall–Kier alpha value is -3.90. The lowest BCUT2D eigenvalue weighted by molar-refractivity contribution is -0.134. The summed E-state index contributed by atoms with van der Waals surface area (Å²) >= 11 is 0. The molecule has 6 rings (SSSR count). The van der Waals surface area contributed by atoms with Crippen LogP contribution in [0.3, 0.4) is 0 Å². The zero-order valence-corrected chi connectivity index (χ0v) is 20.9. The smallest absolute Gasteiger partial charge is 0.241 e. The number of hydrogen-bond acceptors (Lipinski definition) is 3. The molecule has 0 aliphatic carbocycles. The first-order valence-electron chi connectivity index (χ1n) is 13.2. The van der Waals surface area contributed by atoms with Crippen LogP contribution in [-0.4, -0.2) is 47.9 Å². The number of fused-ring (bicyclic) bond motifs is 4. The predicted molar refractivity (Wildman–Crippen MR) is 145 cm³/mol. The van der Waals surface area contributed by atoms with Gasteiger partial charge in [0.15, 0.2) is 0 Å². The minimum atomic E-state index is -0.452. The van der Waals surface area contributed by atoms with E-state index in [2.05, 4.69) is 39.9 Å². The number of aromatic nitrogens is 1. The lowest BCUT2D eigenvalue weighted by Gasteiger charge is -2.44. The molecule has 1 aromatic heterocycles. The maximum Gasteiger partial charge on any atom is 0.241 e. The average molecular weight is 493 g/mol. The number of amides is 2. The maximum absolute atomic E-state index is 13.3. The molecule has 1 saturated heterocycles. The number of carbonyl (C=O) groups excluding carboxylic acids is 2. The van der Waals surface area contributed by atoms with E-state index in [0.29, 0.717) is 13.1 Å². The molecule has 1 fully saturated rings. The van der Waals surface area contributed by atoms with Gasteiger partial charge in [-0.05, 0) is 42.0 Å². The van der Waals surface area contributed by atoms with Crippen molar-refractivity contribution in [2.24, 2.45) is 0 Å². The standard InChI is InChI=1S/C31H32N4O2/c36-27(21-32-30(37)28(22-9-3-1-4-10-22)23-11-5-2-6-12-23)35-19-16-31(17-20-35)29-25(15-18-33-31)24-13-7-8-14-26(24)34-29/h1-14,28,33-34H,15-21H2,(H,32,37). The Kier molecular flexibility index (Phi) is 6.26. The molecule has 3 aromatic carbocycles. The number of para-hydroxylation sites is 1. The van der Waals surface area contributed by atoms with Gasteiger partial charge in [0.1, 0.15) is 0 Å². The van der Waals surface area contributed by atoms with Crippen molar-refractivity contribution in [2.45, 2.75) is 30.7 Å². The number of benzene rings is 3. The first kappa shape index (κ1) is 23.5. The summed E-state index contributed by atoms with van der Waals surface area (Å²) in [6, 6.07) is 28.0. The van der Waals surface area contributed by atoms with Crippen LogP contribution in [0.25, 0.3) is 10.9 Å². The van der Waals surface area contributed by atoms with Gasteiger partial charge in [0.25, 0.3) is 0 Å². The van der Waals surface area contributed by atoms with E-state index < -0.39 is 5.92 Å². The SMILES string of the molecule is O=C(NCC(=O)N1CCC2(CC1)NCCc1c2[nH]c2ccccc12)C(c1ccccc1)c1ccccc1. The Morgan fingerprint density at radius 1 is 0.865 bits per heavy atom. The van der Waals surface area contributed by atoms with Crippen LogP contribution in [0.2, 0.25) is 0 Å². The number of H-pyrrole nitrogens is 1. The van der Waals surface area contributed by atoms with Crippen LogP contribution >= 0.6 is 0 Å². The summed E-state index contributed by atoms with van der Waals surface area (Å²) < 4.78 is 0.